The fourth-order valence-corrected chi connectivity index (χ4v) is 3.32. The fraction of sp³-hybridized carbons (Fsp3) is 0.421. The summed E-state index contributed by atoms with van der Waals surface area (Å²) in [7, 11) is 1.72. The van der Waals surface area contributed by atoms with Gasteiger partial charge in [-0.05, 0) is 31.4 Å². The first-order valence-corrected chi connectivity index (χ1v) is 8.29. The van der Waals surface area contributed by atoms with Crippen molar-refractivity contribution in [2.24, 2.45) is 5.92 Å². The number of ether oxygens (including phenoxy) is 1. The largest absolute Gasteiger partial charge is 0.496 e. The number of likely N-dealkylation sites (tertiary alicyclic amines) is 1. The van der Waals surface area contributed by atoms with Crippen molar-refractivity contribution in [1.29, 1.82) is 5.26 Å². The van der Waals surface area contributed by atoms with Crippen molar-refractivity contribution in [2.75, 3.05) is 13.7 Å². The van der Waals surface area contributed by atoms with E-state index in [0.29, 0.717) is 24.1 Å². The van der Waals surface area contributed by atoms with Gasteiger partial charge in [0.05, 0.1) is 19.2 Å². The second-order valence-electron chi connectivity index (χ2n) is 6.36. The Morgan fingerprint density at radius 1 is 1.29 bits per heavy atom. The lowest BCUT2D eigenvalue weighted by Gasteiger charge is -2.38. The van der Waals surface area contributed by atoms with Gasteiger partial charge in [-0.3, -0.25) is 4.90 Å². The molecule has 3 rings (SSSR count). The van der Waals surface area contributed by atoms with E-state index in [1.807, 2.05) is 12.1 Å². The maximum atomic E-state index is 8.87. The Bertz CT molecular complexity index is 723. The lowest BCUT2D eigenvalue weighted by Crippen LogP contribution is -2.36. The number of hydrogen-bond acceptors (Lipinski definition) is 5. The topological polar surface area (TPSA) is 62.0 Å². The van der Waals surface area contributed by atoms with E-state index < -0.39 is 0 Å². The second kappa shape index (κ2) is 7.41. The molecule has 5 nitrogen and oxygen atoms in total. The molecule has 0 bridgehead atoms. The molecule has 1 aromatic carbocycles. The Morgan fingerprint density at radius 2 is 2.04 bits per heavy atom. The molecule has 0 radical (unpaired) electrons. The highest BCUT2D eigenvalue weighted by Gasteiger charge is 2.30. The van der Waals surface area contributed by atoms with Crippen LogP contribution in [0.15, 0.2) is 36.7 Å². The molecule has 24 heavy (non-hydrogen) atoms. The molecule has 5 heteroatoms. The van der Waals surface area contributed by atoms with Crippen LogP contribution in [0.25, 0.3) is 0 Å². The molecule has 1 aromatic heterocycles. The molecule has 0 aliphatic carbocycles. The average molecular weight is 322 g/mol. The molecule has 0 N–H and O–H groups in total. The number of para-hydroxylation sites is 1. The van der Waals surface area contributed by atoms with Crippen molar-refractivity contribution >= 4 is 0 Å². The van der Waals surface area contributed by atoms with E-state index in [1.54, 1.807) is 19.5 Å². The van der Waals surface area contributed by atoms with Crippen molar-refractivity contribution in [1.82, 2.24) is 14.9 Å². The van der Waals surface area contributed by atoms with Crippen LogP contribution in [0.4, 0.5) is 0 Å². The van der Waals surface area contributed by atoms with Gasteiger partial charge >= 0.3 is 0 Å². The first-order valence-electron chi connectivity index (χ1n) is 8.29. The minimum atomic E-state index is 0.296. The van der Waals surface area contributed by atoms with E-state index in [2.05, 4.69) is 40.0 Å². The molecule has 0 spiro atoms. The molecule has 124 valence electrons. The van der Waals surface area contributed by atoms with Gasteiger partial charge in [0, 0.05) is 24.0 Å². The highest BCUT2D eigenvalue weighted by atomic mass is 16.5. The molecule has 2 aromatic rings. The zero-order valence-corrected chi connectivity index (χ0v) is 14.1. The highest BCUT2D eigenvalue weighted by molar-refractivity contribution is 5.36. The number of nitriles is 1. The predicted molar refractivity (Wildman–Crippen MR) is 91.3 cm³/mol. The quantitative estimate of drug-likeness (QED) is 0.864. The smallest absolute Gasteiger partial charge is 0.142 e. The van der Waals surface area contributed by atoms with Crippen LogP contribution in [0, 0.1) is 17.2 Å². The number of aromatic nitrogens is 2. The normalized spacial score (nSPS) is 21.2. The van der Waals surface area contributed by atoms with E-state index in [0.717, 1.165) is 24.5 Å². The average Bonchev–Trinajstić information content (AvgIpc) is 2.63. The second-order valence-corrected chi connectivity index (χ2v) is 6.36. The Morgan fingerprint density at radius 3 is 2.75 bits per heavy atom. The third-order valence-electron chi connectivity index (χ3n) is 4.65. The zero-order chi connectivity index (χ0) is 16.9. The van der Waals surface area contributed by atoms with Gasteiger partial charge in [-0.1, -0.05) is 25.1 Å². The minimum absolute atomic E-state index is 0.296. The summed E-state index contributed by atoms with van der Waals surface area (Å²) in [5.74, 6) is 2.36. The maximum Gasteiger partial charge on any atom is 0.142 e. The maximum absolute atomic E-state index is 8.87. The van der Waals surface area contributed by atoms with Crippen molar-refractivity contribution in [2.45, 2.75) is 32.4 Å². The number of methoxy groups -OCH3 is 1. The van der Waals surface area contributed by atoms with Gasteiger partial charge in [0.1, 0.15) is 17.6 Å². The fourth-order valence-electron chi connectivity index (χ4n) is 3.32. The van der Waals surface area contributed by atoms with Crippen LogP contribution in [0.1, 0.15) is 42.8 Å². The number of nitrogens with zero attached hydrogens (tertiary/aromatic N) is 4. The van der Waals surface area contributed by atoms with Gasteiger partial charge < -0.3 is 4.74 Å². The molecular formula is C19H22N4O. The third kappa shape index (κ3) is 3.55. The molecule has 0 amide bonds. The molecule has 2 atom stereocenters. The van der Waals surface area contributed by atoms with E-state index in [4.69, 9.17) is 10.00 Å². The summed E-state index contributed by atoms with van der Waals surface area (Å²) in [4.78, 5) is 11.1. The zero-order valence-electron chi connectivity index (χ0n) is 14.1. The Kier molecular flexibility index (Phi) is 5.07. The van der Waals surface area contributed by atoms with Gasteiger partial charge in [0.15, 0.2) is 0 Å². The van der Waals surface area contributed by atoms with Gasteiger partial charge in [-0.15, -0.1) is 0 Å². The van der Waals surface area contributed by atoms with Crippen molar-refractivity contribution in [3.05, 3.63) is 53.6 Å². The van der Waals surface area contributed by atoms with Crippen molar-refractivity contribution in [3.8, 4) is 11.8 Å². The van der Waals surface area contributed by atoms with E-state index in [1.165, 1.54) is 12.0 Å². The molecule has 2 heterocycles. The first-order chi connectivity index (χ1) is 11.7. The summed E-state index contributed by atoms with van der Waals surface area (Å²) >= 11 is 0. The van der Waals surface area contributed by atoms with Crippen LogP contribution >= 0.6 is 0 Å². The van der Waals surface area contributed by atoms with Gasteiger partial charge in [0.2, 0.25) is 0 Å². The van der Waals surface area contributed by atoms with E-state index >= 15 is 0 Å². The molecule has 0 unspecified atom stereocenters. The van der Waals surface area contributed by atoms with E-state index in [-0.39, 0.29) is 0 Å². The number of piperidine rings is 1. The Labute approximate surface area is 142 Å². The molecule has 1 aliphatic rings. The standard InChI is InChI=1S/C19H22N4O/c1-14-7-8-23(13-19-21-11-15(10-20)12-22-19)17(9-14)16-5-3-4-6-18(16)24-2/h3-6,11-12,14,17H,7-9,13H2,1-2H3/t14-,17+/m0/s1. The lowest BCUT2D eigenvalue weighted by molar-refractivity contribution is 0.105. The predicted octanol–water partition coefficient (Wildman–Crippen LogP) is 3.33. The van der Waals surface area contributed by atoms with Crippen LogP contribution in [0.5, 0.6) is 5.75 Å². The Balaban J connectivity index is 1.85. The molecule has 0 saturated carbocycles. The van der Waals surface area contributed by atoms with Gasteiger partial charge in [-0.25, -0.2) is 9.97 Å². The van der Waals surface area contributed by atoms with Crippen LogP contribution < -0.4 is 4.74 Å². The SMILES string of the molecule is COc1ccccc1[C@H]1C[C@@H](C)CCN1Cc1ncc(C#N)cn1. The van der Waals surface area contributed by atoms with Gasteiger partial charge in [0.25, 0.3) is 0 Å². The lowest BCUT2D eigenvalue weighted by atomic mass is 9.88. The summed E-state index contributed by atoms with van der Waals surface area (Å²) in [6.07, 6.45) is 5.44. The number of hydrogen-bond donors (Lipinski definition) is 0. The van der Waals surface area contributed by atoms with E-state index in [9.17, 15) is 0 Å². The third-order valence-corrected chi connectivity index (χ3v) is 4.65. The monoisotopic (exact) mass is 322 g/mol. The summed E-state index contributed by atoms with van der Waals surface area (Å²) in [5.41, 5.74) is 1.72. The summed E-state index contributed by atoms with van der Waals surface area (Å²) in [6.45, 7) is 3.99. The summed E-state index contributed by atoms with van der Waals surface area (Å²) < 4.78 is 5.57. The molecular weight excluding hydrogens is 300 g/mol. The van der Waals surface area contributed by atoms with Crippen LogP contribution in [0.3, 0.4) is 0 Å². The first kappa shape index (κ1) is 16.4. The van der Waals surface area contributed by atoms with Gasteiger partial charge in [-0.2, -0.15) is 5.26 Å². The number of rotatable bonds is 4. The van der Waals surface area contributed by atoms with Crippen LogP contribution in [-0.2, 0) is 6.54 Å². The minimum Gasteiger partial charge on any atom is -0.496 e. The summed E-state index contributed by atoms with van der Waals surface area (Å²) in [6, 6.07) is 10.6. The van der Waals surface area contributed by atoms with Crippen LogP contribution in [-0.4, -0.2) is 28.5 Å². The summed E-state index contributed by atoms with van der Waals surface area (Å²) in [5, 5.41) is 8.87. The molecule has 1 fully saturated rings. The number of benzene rings is 1. The molecule has 1 saturated heterocycles. The van der Waals surface area contributed by atoms with Crippen molar-refractivity contribution < 1.29 is 4.74 Å². The van der Waals surface area contributed by atoms with Crippen molar-refractivity contribution in [3.63, 3.8) is 0 Å². The highest BCUT2D eigenvalue weighted by Crippen LogP contribution is 2.38. The molecule has 1 aliphatic heterocycles. The Hall–Kier alpha value is -2.45. The van der Waals surface area contributed by atoms with Crippen LogP contribution in [0.2, 0.25) is 0 Å².